The van der Waals surface area contributed by atoms with Crippen molar-refractivity contribution in [2.75, 3.05) is 26.1 Å². The van der Waals surface area contributed by atoms with Gasteiger partial charge in [-0.3, -0.25) is 5.32 Å². The Morgan fingerprint density at radius 1 is 1.03 bits per heavy atom. The van der Waals surface area contributed by atoms with E-state index in [4.69, 9.17) is 23.7 Å². The van der Waals surface area contributed by atoms with Gasteiger partial charge < -0.3 is 23.7 Å². The predicted octanol–water partition coefficient (Wildman–Crippen LogP) is 4.36. The Balaban J connectivity index is 1.39. The highest BCUT2D eigenvalue weighted by molar-refractivity contribution is 5.85. The SMILES string of the molecule is CCCO[C@@H]1[C@@H](OC)[C@H](C)O[C@@H](OC(=O)Nc2ccc(-c3ncn(-c4ccc(C)cc4)n3)cc2)[C@@H]1OC. The van der Waals surface area contributed by atoms with E-state index in [-0.39, 0.29) is 12.2 Å². The molecule has 5 atom stereocenters. The maximum absolute atomic E-state index is 12.7. The summed E-state index contributed by atoms with van der Waals surface area (Å²) in [4.78, 5) is 17.1. The van der Waals surface area contributed by atoms with E-state index in [1.807, 2.05) is 57.2 Å². The van der Waals surface area contributed by atoms with Crippen LogP contribution in [-0.2, 0) is 23.7 Å². The van der Waals surface area contributed by atoms with E-state index in [9.17, 15) is 4.79 Å². The molecule has 3 aromatic rings. The summed E-state index contributed by atoms with van der Waals surface area (Å²) < 4.78 is 30.4. The number of rotatable bonds is 9. The maximum atomic E-state index is 12.7. The van der Waals surface area contributed by atoms with Crippen LogP contribution >= 0.6 is 0 Å². The Kier molecular flexibility index (Phi) is 8.88. The summed E-state index contributed by atoms with van der Waals surface area (Å²) >= 11 is 0. The van der Waals surface area contributed by atoms with Gasteiger partial charge in [-0.15, -0.1) is 5.10 Å². The van der Waals surface area contributed by atoms with Gasteiger partial charge in [-0.05, 0) is 56.7 Å². The zero-order chi connectivity index (χ0) is 26.4. The minimum atomic E-state index is -0.956. The maximum Gasteiger partial charge on any atom is 0.414 e. The fraction of sp³-hybridized carbons (Fsp3) is 0.444. The van der Waals surface area contributed by atoms with Crippen molar-refractivity contribution in [3.8, 4) is 17.1 Å². The van der Waals surface area contributed by atoms with Gasteiger partial charge in [-0.1, -0.05) is 24.6 Å². The molecule has 0 aliphatic carbocycles. The lowest BCUT2D eigenvalue weighted by Crippen LogP contribution is -2.60. The third-order valence-corrected chi connectivity index (χ3v) is 6.19. The fourth-order valence-electron chi connectivity index (χ4n) is 4.26. The normalized spacial score (nSPS) is 23.5. The van der Waals surface area contributed by atoms with Gasteiger partial charge in [0, 0.05) is 32.1 Å². The molecule has 0 saturated carbocycles. The topological polar surface area (TPSA) is 106 Å². The molecule has 0 bridgehead atoms. The van der Waals surface area contributed by atoms with Gasteiger partial charge in [0.1, 0.15) is 24.6 Å². The fourth-order valence-corrected chi connectivity index (χ4v) is 4.26. The first kappa shape index (κ1) is 26.7. The van der Waals surface area contributed by atoms with Crippen molar-refractivity contribution in [3.05, 3.63) is 60.4 Å². The summed E-state index contributed by atoms with van der Waals surface area (Å²) in [6.45, 7) is 6.44. The number of aromatic nitrogens is 3. The van der Waals surface area contributed by atoms with Crippen LogP contribution in [0, 0.1) is 6.92 Å². The van der Waals surface area contributed by atoms with Crippen LogP contribution < -0.4 is 5.32 Å². The van der Waals surface area contributed by atoms with Gasteiger partial charge in [0.2, 0.25) is 6.29 Å². The highest BCUT2D eigenvalue weighted by atomic mass is 16.7. The molecular weight excluding hydrogens is 476 g/mol. The first-order chi connectivity index (χ1) is 17.9. The minimum Gasteiger partial charge on any atom is -0.416 e. The van der Waals surface area contributed by atoms with E-state index >= 15 is 0 Å². The van der Waals surface area contributed by atoms with Crippen molar-refractivity contribution < 1.29 is 28.5 Å². The average molecular weight is 511 g/mol. The second kappa shape index (κ2) is 12.3. The molecule has 10 nitrogen and oxygen atoms in total. The second-order valence-corrected chi connectivity index (χ2v) is 8.90. The van der Waals surface area contributed by atoms with Crippen molar-refractivity contribution in [1.82, 2.24) is 14.8 Å². The predicted molar refractivity (Wildman–Crippen MR) is 138 cm³/mol. The van der Waals surface area contributed by atoms with Crippen LogP contribution in [-0.4, -0.2) is 72.4 Å². The van der Waals surface area contributed by atoms with Crippen molar-refractivity contribution >= 4 is 11.8 Å². The quantitative estimate of drug-likeness (QED) is 0.453. The zero-order valence-corrected chi connectivity index (χ0v) is 21.8. The number of benzene rings is 2. The number of carbonyl (C=O) groups excluding carboxylic acids is 1. The first-order valence-electron chi connectivity index (χ1n) is 12.3. The van der Waals surface area contributed by atoms with E-state index in [0.717, 1.165) is 17.7 Å². The van der Waals surface area contributed by atoms with Crippen molar-refractivity contribution in [3.63, 3.8) is 0 Å². The number of hydrogen-bond donors (Lipinski definition) is 1. The summed E-state index contributed by atoms with van der Waals surface area (Å²) in [7, 11) is 3.12. The molecular formula is C27H34N4O6. The molecule has 0 radical (unpaired) electrons. The van der Waals surface area contributed by atoms with Crippen LogP contribution in [0.15, 0.2) is 54.9 Å². The number of aryl methyl sites for hydroxylation is 1. The molecule has 0 spiro atoms. The van der Waals surface area contributed by atoms with Crippen LogP contribution in [0.2, 0.25) is 0 Å². The molecule has 1 aliphatic heterocycles. The molecule has 0 unspecified atom stereocenters. The van der Waals surface area contributed by atoms with Crippen LogP contribution in [0.3, 0.4) is 0 Å². The molecule has 37 heavy (non-hydrogen) atoms. The number of amides is 1. The summed E-state index contributed by atoms with van der Waals surface area (Å²) in [5, 5.41) is 7.29. The number of ether oxygens (including phenoxy) is 5. The highest BCUT2D eigenvalue weighted by Gasteiger charge is 2.47. The molecule has 1 aromatic heterocycles. The number of anilines is 1. The lowest BCUT2D eigenvalue weighted by Gasteiger charge is -2.43. The summed E-state index contributed by atoms with van der Waals surface area (Å²) in [5.74, 6) is 0.577. The van der Waals surface area contributed by atoms with E-state index in [1.54, 1.807) is 30.3 Å². The summed E-state index contributed by atoms with van der Waals surface area (Å²) in [5.41, 5.74) is 3.48. The molecule has 198 valence electrons. The third kappa shape index (κ3) is 6.34. The number of methoxy groups -OCH3 is 2. The molecule has 2 heterocycles. The lowest BCUT2D eigenvalue weighted by atomic mass is 9.99. The van der Waals surface area contributed by atoms with Crippen LogP contribution in [0.4, 0.5) is 10.5 Å². The van der Waals surface area contributed by atoms with Gasteiger partial charge in [-0.25, -0.2) is 14.5 Å². The summed E-state index contributed by atoms with van der Waals surface area (Å²) in [6, 6.07) is 15.2. The average Bonchev–Trinajstić information content (AvgIpc) is 3.38. The summed E-state index contributed by atoms with van der Waals surface area (Å²) in [6.07, 6.45) is -0.910. The van der Waals surface area contributed by atoms with Crippen LogP contribution in [0.25, 0.3) is 17.1 Å². The standard InChI is InChI=1S/C27H34N4O6/c1-6-15-35-23-22(33-4)18(3)36-26(24(23)34-5)37-27(32)29-20-11-9-19(10-12-20)25-28-16-31(30-25)21-13-7-17(2)8-14-21/h7-14,16,18,22-24,26H,6,15H2,1-5H3,(H,29,32)/t18-,22-,23+,24+,26-/m0/s1. The van der Waals surface area contributed by atoms with Gasteiger partial charge >= 0.3 is 6.09 Å². The van der Waals surface area contributed by atoms with Gasteiger partial charge in [0.05, 0.1) is 11.8 Å². The molecule has 1 aliphatic rings. The Hall–Kier alpha value is -3.31. The minimum absolute atomic E-state index is 0.352. The Bertz CT molecular complexity index is 1150. The second-order valence-electron chi connectivity index (χ2n) is 8.90. The molecule has 1 saturated heterocycles. The smallest absolute Gasteiger partial charge is 0.414 e. The van der Waals surface area contributed by atoms with Crippen LogP contribution in [0.5, 0.6) is 0 Å². The molecule has 1 N–H and O–H groups in total. The van der Waals surface area contributed by atoms with E-state index in [0.29, 0.717) is 18.1 Å². The molecule has 4 rings (SSSR count). The van der Waals surface area contributed by atoms with E-state index < -0.39 is 24.6 Å². The molecule has 10 heteroatoms. The highest BCUT2D eigenvalue weighted by Crippen LogP contribution is 2.28. The number of nitrogens with one attached hydrogen (secondary N) is 1. The Morgan fingerprint density at radius 3 is 2.38 bits per heavy atom. The monoisotopic (exact) mass is 510 g/mol. The molecule has 2 aromatic carbocycles. The van der Waals surface area contributed by atoms with Gasteiger partial charge in [0.15, 0.2) is 5.82 Å². The first-order valence-corrected chi connectivity index (χ1v) is 12.3. The van der Waals surface area contributed by atoms with Gasteiger partial charge in [-0.2, -0.15) is 0 Å². The Labute approximate surface area is 216 Å². The van der Waals surface area contributed by atoms with Gasteiger partial charge in [0.25, 0.3) is 0 Å². The number of nitrogens with zero attached hydrogens (tertiary/aromatic N) is 3. The largest absolute Gasteiger partial charge is 0.416 e. The molecule has 1 amide bonds. The van der Waals surface area contributed by atoms with E-state index in [2.05, 4.69) is 15.4 Å². The van der Waals surface area contributed by atoms with Crippen molar-refractivity contribution in [2.24, 2.45) is 0 Å². The van der Waals surface area contributed by atoms with E-state index in [1.165, 1.54) is 12.7 Å². The number of hydrogen-bond acceptors (Lipinski definition) is 8. The molecule has 1 fully saturated rings. The van der Waals surface area contributed by atoms with Crippen molar-refractivity contribution in [2.45, 2.75) is 57.9 Å². The van der Waals surface area contributed by atoms with Crippen LogP contribution in [0.1, 0.15) is 25.8 Å². The zero-order valence-electron chi connectivity index (χ0n) is 21.8. The lowest BCUT2D eigenvalue weighted by molar-refractivity contribution is -0.292. The number of carbonyl (C=O) groups is 1. The van der Waals surface area contributed by atoms with Crippen molar-refractivity contribution in [1.29, 1.82) is 0 Å². The Morgan fingerprint density at radius 2 is 1.73 bits per heavy atom. The third-order valence-electron chi connectivity index (χ3n) is 6.19.